The Morgan fingerprint density at radius 2 is 1.58 bits per heavy atom. The van der Waals surface area contributed by atoms with Crippen LogP contribution in [0.5, 0.6) is 0 Å². The number of anilines is 1. The van der Waals surface area contributed by atoms with Crippen molar-refractivity contribution in [2.75, 3.05) is 31.1 Å². The Kier molecular flexibility index (Phi) is 4.04. The molecule has 0 amide bonds. The second kappa shape index (κ2) is 5.41. The molecule has 0 aliphatic carbocycles. The van der Waals surface area contributed by atoms with Crippen molar-refractivity contribution in [2.45, 2.75) is 26.1 Å². The van der Waals surface area contributed by atoms with Crippen LogP contribution >= 0.6 is 0 Å². The molecule has 2 nitrogen and oxygen atoms in total. The lowest BCUT2D eigenvalue weighted by Crippen LogP contribution is -2.49. The third-order valence-corrected chi connectivity index (χ3v) is 3.59. The van der Waals surface area contributed by atoms with E-state index in [1.807, 2.05) is 4.90 Å². The van der Waals surface area contributed by atoms with E-state index in [2.05, 4.69) is 18.7 Å². The summed E-state index contributed by atoms with van der Waals surface area (Å²) in [5.41, 5.74) is -0.230. The minimum Gasteiger partial charge on any atom is -0.368 e. The molecule has 1 aliphatic heterocycles. The maximum atomic E-state index is 13.0. The van der Waals surface area contributed by atoms with Gasteiger partial charge in [-0.2, -0.15) is 13.2 Å². The van der Waals surface area contributed by atoms with Gasteiger partial charge < -0.3 is 4.90 Å². The van der Waals surface area contributed by atoms with Gasteiger partial charge in [0.1, 0.15) is 0 Å². The molecule has 0 spiro atoms. The van der Waals surface area contributed by atoms with Crippen LogP contribution in [0.15, 0.2) is 24.3 Å². The highest BCUT2D eigenvalue weighted by Crippen LogP contribution is 2.36. The van der Waals surface area contributed by atoms with Crippen molar-refractivity contribution < 1.29 is 13.2 Å². The van der Waals surface area contributed by atoms with E-state index >= 15 is 0 Å². The SMILES string of the molecule is CC(C)N1CCN(c2ccccc2C(F)(F)F)CC1. The van der Waals surface area contributed by atoms with Crippen LogP contribution < -0.4 is 4.90 Å². The predicted octanol–water partition coefficient (Wildman–Crippen LogP) is 3.24. The van der Waals surface area contributed by atoms with E-state index in [0.717, 1.165) is 19.2 Å². The lowest BCUT2D eigenvalue weighted by molar-refractivity contribution is -0.137. The first-order valence-corrected chi connectivity index (χ1v) is 6.55. The summed E-state index contributed by atoms with van der Waals surface area (Å²) < 4.78 is 38.9. The third kappa shape index (κ3) is 3.21. The molecule has 0 saturated carbocycles. The molecule has 19 heavy (non-hydrogen) atoms. The Morgan fingerprint density at radius 1 is 1.00 bits per heavy atom. The highest BCUT2D eigenvalue weighted by atomic mass is 19.4. The molecule has 5 heteroatoms. The van der Waals surface area contributed by atoms with Crippen LogP contribution in [0.1, 0.15) is 19.4 Å². The molecule has 1 saturated heterocycles. The molecule has 1 fully saturated rings. The molecule has 0 atom stereocenters. The normalized spacial score (nSPS) is 18.1. The van der Waals surface area contributed by atoms with E-state index in [-0.39, 0.29) is 0 Å². The first kappa shape index (κ1) is 14.2. The van der Waals surface area contributed by atoms with E-state index in [4.69, 9.17) is 0 Å². The van der Waals surface area contributed by atoms with Crippen LogP contribution in [0.25, 0.3) is 0 Å². The number of alkyl halides is 3. The zero-order chi connectivity index (χ0) is 14.0. The lowest BCUT2D eigenvalue weighted by atomic mass is 10.1. The quantitative estimate of drug-likeness (QED) is 0.815. The summed E-state index contributed by atoms with van der Waals surface area (Å²) in [7, 11) is 0. The third-order valence-electron chi connectivity index (χ3n) is 3.59. The number of para-hydroxylation sites is 1. The maximum Gasteiger partial charge on any atom is 0.418 e. The molecule has 0 bridgehead atoms. The van der Waals surface area contributed by atoms with Crippen LogP contribution in [0.2, 0.25) is 0 Å². The van der Waals surface area contributed by atoms with E-state index < -0.39 is 11.7 Å². The van der Waals surface area contributed by atoms with Gasteiger partial charge in [0.05, 0.1) is 5.56 Å². The number of nitrogens with zero attached hydrogens (tertiary/aromatic N) is 2. The van der Waals surface area contributed by atoms with Gasteiger partial charge in [0.15, 0.2) is 0 Å². The smallest absolute Gasteiger partial charge is 0.368 e. The summed E-state index contributed by atoms with van der Waals surface area (Å²) >= 11 is 0. The molecule has 1 aliphatic rings. The number of hydrogen-bond donors (Lipinski definition) is 0. The summed E-state index contributed by atoms with van der Waals surface area (Å²) in [5.74, 6) is 0. The van der Waals surface area contributed by atoms with Gasteiger partial charge in [-0.05, 0) is 26.0 Å². The maximum absolute atomic E-state index is 13.0. The Labute approximate surface area is 111 Å². The van der Waals surface area contributed by atoms with Crippen LogP contribution in [0.4, 0.5) is 18.9 Å². The molecule has 0 aromatic heterocycles. The van der Waals surface area contributed by atoms with Gasteiger partial charge in [0, 0.05) is 37.9 Å². The number of halogens is 3. The van der Waals surface area contributed by atoms with Gasteiger partial charge in [-0.25, -0.2) is 0 Å². The topological polar surface area (TPSA) is 6.48 Å². The van der Waals surface area contributed by atoms with E-state index in [1.54, 1.807) is 12.1 Å². The van der Waals surface area contributed by atoms with Gasteiger partial charge in [-0.1, -0.05) is 12.1 Å². The average molecular weight is 272 g/mol. The summed E-state index contributed by atoms with van der Waals surface area (Å²) in [5, 5.41) is 0. The van der Waals surface area contributed by atoms with E-state index in [9.17, 15) is 13.2 Å². The van der Waals surface area contributed by atoms with Gasteiger partial charge in [-0.15, -0.1) is 0 Å². The second-order valence-corrected chi connectivity index (χ2v) is 5.13. The second-order valence-electron chi connectivity index (χ2n) is 5.13. The Morgan fingerprint density at radius 3 is 2.11 bits per heavy atom. The molecule has 0 radical (unpaired) electrons. The first-order valence-electron chi connectivity index (χ1n) is 6.55. The van der Waals surface area contributed by atoms with Crippen LogP contribution in [-0.4, -0.2) is 37.1 Å². The summed E-state index contributed by atoms with van der Waals surface area (Å²) in [6.07, 6.45) is -4.29. The fourth-order valence-electron chi connectivity index (χ4n) is 2.47. The van der Waals surface area contributed by atoms with Crippen molar-refractivity contribution in [1.82, 2.24) is 4.90 Å². The highest BCUT2D eigenvalue weighted by Gasteiger charge is 2.35. The van der Waals surface area contributed by atoms with Gasteiger partial charge >= 0.3 is 6.18 Å². The molecular weight excluding hydrogens is 253 g/mol. The Bertz CT molecular complexity index is 421. The molecule has 1 aromatic rings. The zero-order valence-electron chi connectivity index (χ0n) is 11.2. The van der Waals surface area contributed by atoms with E-state index in [1.165, 1.54) is 6.07 Å². The lowest BCUT2D eigenvalue weighted by Gasteiger charge is -2.38. The first-order chi connectivity index (χ1) is 8.89. The summed E-state index contributed by atoms with van der Waals surface area (Å²) in [6.45, 7) is 7.13. The van der Waals surface area contributed by atoms with Crippen molar-refractivity contribution >= 4 is 5.69 Å². The average Bonchev–Trinajstić information content (AvgIpc) is 2.38. The largest absolute Gasteiger partial charge is 0.418 e. The fourth-order valence-corrected chi connectivity index (χ4v) is 2.47. The van der Waals surface area contributed by atoms with E-state index in [0.29, 0.717) is 24.8 Å². The van der Waals surface area contributed by atoms with Crippen molar-refractivity contribution in [1.29, 1.82) is 0 Å². The number of piperazine rings is 1. The van der Waals surface area contributed by atoms with Crippen LogP contribution in [-0.2, 0) is 6.18 Å². The fraction of sp³-hybridized carbons (Fsp3) is 0.571. The molecule has 1 heterocycles. The number of hydrogen-bond acceptors (Lipinski definition) is 2. The van der Waals surface area contributed by atoms with Gasteiger partial charge in [0.25, 0.3) is 0 Å². The number of benzene rings is 1. The van der Waals surface area contributed by atoms with Crippen molar-refractivity contribution in [3.63, 3.8) is 0 Å². The monoisotopic (exact) mass is 272 g/mol. The molecule has 1 aromatic carbocycles. The summed E-state index contributed by atoms with van der Waals surface area (Å²) in [6, 6.07) is 6.27. The van der Waals surface area contributed by atoms with Crippen LogP contribution in [0.3, 0.4) is 0 Å². The van der Waals surface area contributed by atoms with Gasteiger partial charge in [-0.3, -0.25) is 4.90 Å². The molecule has 0 unspecified atom stereocenters. The highest BCUT2D eigenvalue weighted by molar-refractivity contribution is 5.55. The minimum absolute atomic E-state index is 0.304. The predicted molar refractivity (Wildman–Crippen MR) is 70.4 cm³/mol. The number of rotatable bonds is 2. The molecular formula is C14H19F3N2. The Balaban J connectivity index is 2.16. The van der Waals surface area contributed by atoms with Crippen molar-refractivity contribution in [3.8, 4) is 0 Å². The Hall–Kier alpha value is -1.23. The van der Waals surface area contributed by atoms with Crippen molar-refractivity contribution in [3.05, 3.63) is 29.8 Å². The molecule has 106 valence electrons. The molecule has 0 N–H and O–H groups in total. The minimum atomic E-state index is -4.29. The summed E-state index contributed by atoms with van der Waals surface area (Å²) in [4.78, 5) is 4.12. The van der Waals surface area contributed by atoms with Crippen LogP contribution in [0, 0.1) is 0 Å². The van der Waals surface area contributed by atoms with Crippen molar-refractivity contribution in [2.24, 2.45) is 0 Å². The van der Waals surface area contributed by atoms with Gasteiger partial charge in [0.2, 0.25) is 0 Å². The molecule has 2 rings (SSSR count). The standard InChI is InChI=1S/C14H19F3N2/c1-11(2)18-7-9-19(10-8-18)13-6-4-3-5-12(13)14(15,16)17/h3-6,11H,7-10H2,1-2H3. The zero-order valence-corrected chi connectivity index (χ0v) is 11.2.